The lowest BCUT2D eigenvalue weighted by molar-refractivity contribution is 0.0378. The highest BCUT2D eigenvalue weighted by molar-refractivity contribution is 6.36. The molecule has 0 aromatic heterocycles. The molecule has 0 radical (unpaired) electrons. The maximum absolute atomic E-state index is 12.6. The number of carbonyl (C=O) groups excluding carboxylic acids is 1. The molecule has 0 atom stereocenters. The topological polar surface area (TPSA) is 26.3 Å². The summed E-state index contributed by atoms with van der Waals surface area (Å²) in [6, 6.07) is 23.9. The van der Waals surface area contributed by atoms with Crippen LogP contribution in [0.1, 0.15) is 27.6 Å². The molecule has 0 fully saturated rings. The van der Waals surface area contributed by atoms with Crippen LogP contribution < -0.4 is 0 Å². The molecule has 0 aliphatic heterocycles. The minimum absolute atomic E-state index is 0.271. The van der Waals surface area contributed by atoms with Crippen molar-refractivity contribution in [2.24, 2.45) is 0 Å². The highest BCUT2D eigenvalue weighted by atomic mass is 35.5. The lowest BCUT2D eigenvalue weighted by Crippen LogP contribution is -2.13. The monoisotopic (exact) mass is 356 g/mol. The van der Waals surface area contributed by atoms with Crippen molar-refractivity contribution < 1.29 is 9.53 Å². The summed E-state index contributed by atoms with van der Waals surface area (Å²) >= 11 is 12.0. The lowest BCUT2D eigenvalue weighted by atomic mass is 10.0. The van der Waals surface area contributed by atoms with Crippen molar-refractivity contribution in [3.05, 3.63) is 106 Å². The Kier molecular flexibility index (Phi) is 5.19. The van der Waals surface area contributed by atoms with E-state index in [-0.39, 0.29) is 10.6 Å². The van der Waals surface area contributed by atoms with Crippen LogP contribution in [0.3, 0.4) is 0 Å². The summed E-state index contributed by atoms with van der Waals surface area (Å²) in [6.07, 6.45) is -0.508. The summed E-state index contributed by atoms with van der Waals surface area (Å²) in [5.74, 6) is -0.491. The van der Waals surface area contributed by atoms with E-state index in [1.54, 1.807) is 12.1 Å². The quantitative estimate of drug-likeness (QED) is 0.540. The highest BCUT2D eigenvalue weighted by Gasteiger charge is 2.21. The molecule has 0 saturated carbocycles. The molecule has 0 amide bonds. The predicted octanol–water partition coefficient (Wildman–Crippen LogP) is 5.94. The normalized spacial score (nSPS) is 10.6. The van der Waals surface area contributed by atoms with Gasteiger partial charge in [0, 0.05) is 5.02 Å². The lowest BCUT2D eigenvalue weighted by Gasteiger charge is -2.19. The molecule has 0 aliphatic rings. The van der Waals surface area contributed by atoms with E-state index in [4.69, 9.17) is 27.9 Å². The van der Waals surface area contributed by atoms with Crippen LogP contribution in [-0.4, -0.2) is 5.97 Å². The van der Waals surface area contributed by atoms with Gasteiger partial charge in [0.1, 0.15) is 0 Å². The number of ether oxygens (including phenoxy) is 1. The summed E-state index contributed by atoms with van der Waals surface area (Å²) in [4.78, 5) is 12.6. The first kappa shape index (κ1) is 16.6. The maximum Gasteiger partial charge on any atom is 0.340 e. The standard InChI is InChI=1S/C20H14Cl2O2/c21-16-11-12-17(18(22)13-16)20(23)24-19(14-7-3-1-4-8-14)15-9-5-2-6-10-15/h1-13,19H. The van der Waals surface area contributed by atoms with Crippen LogP contribution in [0.15, 0.2) is 78.9 Å². The van der Waals surface area contributed by atoms with Gasteiger partial charge in [-0.3, -0.25) is 0 Å². The summed E-state index contributed by atoms with van der Waals surface area (Å²) < 4.78 is 5.76. The molecule has 4 heteroatoms. The second-order valence-electron chi connectivity index (χ2n) is 5.23. The van der Waals surface area contributed by atoms with Gasteiger partial charge >= 0.3 is 5.97 Å². The Hall–Kier alpha value is -2.29. The van der Waals surface area contributed by atoms with Gasteiger partial charge in [-0.15, -0.1) is 0 Å². The number of carbonyl (C=O) groups is 1. The largest absolute Gasteiger partial charge is 0.449 e. The molecule has 0 N–H and O–H groups in total. The number of benzene rings is 3. The first-order valence-electron chi connectivity index (χ1n) is 7.41. The van der Waals surface area contributed by atoms with Gasteiger partial charge in [0.25, 0.3) is 0 Å². The van der Waals surface area contributed by atoms with Gasteiger partial charge in [-0.25, -0.2) is 4.79 Å². The molecule has 0 heterocycles. The molecule has 0 saturated heterocycles. The minimum atomic E-state index is -0.508. The van der Waals surface area contributed by atoms with Crippen LogP contribution in [0.2, 0.25) is 10.0 Å². The van der Waals surface area contributed by atoms with Crippen molar-refractivity contribution >= 4 is 29.2 Å². The van der Waals surface area contributed by atoms with E-state index in [0.29, 0.717) is 5.02 Å². The van der Waals surface area contributed by atoms with Gasteiger partial charge in [0.2, 0.25) is 0 Å². The smallest absolute Gasteiger partial charge is 0.340 e. The van der Waals surface area contributed by atoms with Crippen molar-refractivity contribution in [2.45, 2.75) is 6.10 Å². The van der Waals surface area contributed by atoms with Gasteiger partial charge in [-0.2, -0.15) is 0 Å². The molecule has 0 aliphatic carbocycles. The Morgan fingerprint density at radius 3 is 1.83 bits per heavy atom. The molecule has 2 nitrogen and oxygen atoms in total. The van der Waals surface area contributed by atoms with E-state index in [2.05, 4.69) is 0 Å². The Bertz CT molecular complexity index is 793. The van der Waals surface area contributed by atoms with Crippen LogP contribution in [-0.2, 0) is 4.74 Å². The van der Waals surface area contributed by atoms with Crippen molar-refractivity contribution in [3.8, 4) is 0 Å². The van der Waals surface area contributed by atoms with Gasteiger partial charge < -0.3 is 4.74 Å². The third-order valence-electron chi connectivity index (χ3n) is 3.58. The zero-order valence-corrected chi connectivity index (χ0v) is 14.2. The van der Waals surface area contributed by atoms with Crippen LogP contribution in [0, 0.1) is 0 Å². The fourth-order valence-electron chi connectivity index (χ4n) is 2.41. The Balaban J connectivity index is 1.94. The van der Waals surface area contributed by atoms with Crippen molar-refractivity contribution in [1.82, 2.24) is 0 Å². The average molecular weight is 357 g/mol. The second kappa shape index (κ2) is 7.52. The zero-order valence-electron chi connectivity index (χ0n) is 12.7. The van der Waals surface area contributed by atoms with Gasteiger partial charge in [0.05, 0.1) is 10.6 Å². The first-order valence-corrected chi connectivity index (χ1v) is 8.16. The first-order chi connectivity index (χ1) is 11.6. The van der Waals surface area contributed by atoms with E-state index in [1.165, 1.54) is 6.07 Å². The number of hydrogen-bond donors (Lipinski definition) is 0. The Morgan fingerprint density at radius 2 is 1.33 bits per heavy atom. The van der Waals surface area contributed by atoms with Gasteiger partial charge in [-0.05, 0) is 29.3 Å². The summed E-state index contributed by atoms with van der Waals surface area (Å²) in [7, 11) is 0. The average Bonchev–Trinajstić information content (AvgIpc) is 2.61. The van der Waals surface area contributed by atoms with Crippen LogP contribution in [0.5, 0.6) is 0 Å². The zero-order chi connectivity index (χ0) is 16.9. The number of esters is 1. The molecular formula is C20H14Cl2O2. The molecule has 0 bridgehead atoms. The highest BCUT2D eigenvalue weighted by Crippen LogP contribution is 2.29. The van der Waals surface area contributed by atoms with Gasteiger partial charge in [0.15, 0.2) is 6.10 Å². The van der Waals surface area contributed by atoms with E-state index in [1.807, 2.05) is 60.7 Å². The fourth-order valence-corrected chi connectivity index (χ4v) is 2.90. The summed E-state index contributed by atoms with van der Waals surface area (Å²) in [5, 5.41) is 0.742. The number of rotatable bonds is 4. The van der Waals surface area contributed by atoms with Gasteiger partial charge in [-0.1, -0.05) is 83.9 Å². The fraction of sp³-hybridized carbons (Fsp3) is 0.0500. The molecule has 3 rings (SSSR count). The second-order valence-corrected chi connectivity index (χ2v) is 6.07. The molecule has 3 aromatic carbocycles. The van der Waals surface area contributed by atoms with Crippen molar-refractivity contribution in [3.63, 3.8) is 0 Å². The third-order valence-corrected chi connectivity index (χ3v) is 4.13. The van der Waals surface area contributed by atoms with Crippen molar-refractivity contribution in [2.75, 3.05) is 0 Å². The molecule has 3 aromatic rings. The van der Waals surface area contributed by atoms with Crippen LogP contribution in [0.4, 0.5) is 0 Å². The SMILES string of the molecule is O=C(OC(c1ccccc1)c1ccccc1)c1ccc(Cl)cc1Cl. The summed E-state index contributed by atoms with van der Waals surface area (Å²) in [6.45, 7) is 0. The molecule has 0 spiro atoms. The minimum Gasteiger partial charge on any atom is -0.449 e. The van der Waals surface area contributed by atoms with Crippen LogP contribution in [0.25, 0.3) is 0 Å². The number of hydrogen-bond acceptors (Lipinski definition) is 2. The summed E-state index contributed by atoms with van der Waals surface area (Å²) in [5.41, 5.74) is 2.07. The molecular weight excluding hydrogens is 343 g/mol. The molecule has 120 valence electrons. The molecule has 0 unspecified atom stereocenters. The molecule has 24 heavy (non-hydrogen) atoms. The van der Waals surface area contributed by atoms with E-state index in [9.17, 15) is 4.79 Å². The predicted molar refractivity (Wildman–Crippen MR) is 96.6 cm³/mol. The Labute approximate surface area is 150 Å². The number of halogens is 2. The Morgan fingerprint density at radius 1 is 0.792 bits per heavy atom. The van der Waals surface area contributed by atoms with E-state index < -0.39 is 12.1 Å². The third kappa shape index (κ3) is 3.78. The van der Waals surface area contributed by atoms with E-state index in [0.717, 1.165) is 11.1 Å². The van der Waals surface area contributed by atoms with Crippen LogP contribution >= 0.6 is 23.2 Å². The maximum atomic E-state index is 12.6. The van der Waals surface area contributed by atoms with E-state index >= 15 is 0 Å². The van der Waals surface area contributed by atoms with Crippen molar-refractivity contribution in [1.29, 1.82) is 0 Å².